The fourth-order valence-corrected chi connectivity index (χ4v) is 0.441. The predicted molar refractivity (Wildman–Crippen MR) is 46.7 cm³/mol. The molecule has 0 aliphatic heterocycles. The molecule has 0 aliphatic rings. The van der Waals surface area contributed by atoms with Crippen LogP contribution in [-0.4, -0.2) is 6.54 Å². The average molecular weight is 135 g/mol. The van der Waals surface area contributed by atoms with Gasteiger partial charge in [0.1, 0.15) is 0 Å². The van der Waals surface area contributed by atoms with Crippen LogP contribution < -0.4 is 5.32 Å². The molecule has 0 saturated heterocycles. The largest absolute Gasteiger partial charge is 0.388 e. The minimum Gasteiger partial charge on any atom is -0.388 e. The van der Waals surface area contributed by atoms with Crippen molar-refractivity contribution in [3.8, 4) is 0 Å². The van der Waals surface area contributed by atoms with Crippen molar-refractivity contribution in [3.63, 3.8) is 0 Å². The van der Waals surface area contributed by atoms with E-state index in [4.69, 9.17) is 0 Å². The van der Waals surface area contributed by atoms with Gasteiger partial charge in [0.2, 0.25) is 0 Å². The van der Waals surface area contributed by atoms with Crippen LogP contribution in [-0.2, 0) is 0 Å². The van der Waals surface area contributed by atoms with E-state index in [9.17, 15) is 0 Å². The Morgan fingerprint density at radius 1 is 1.10 bits per heavy atom. The first-order valence-corrected chi connectivity index (χ1v) is 3.20. The third-order valence-corrected chi connectivity index (χ3v) is 0.874. The van der Waals surface area contributed by atoms with Crippen molar-refractivity contribution < 1.29 is 0 Å². The summed E-state index contributed by atoms with van der Waals surface area (Å²) in [4.78, 5) is 0. The number of nitrogens with one attached hydrogen (secondary N) is 1. The summed E-state index contributed by atoms with van der Waals surface area (Å²) in [7, 11) is 0. The van der Waals surface area contributed by atoms with Gasteiger partial charge in [-0.05, 0) is 6.20 Å². The van der Waals surface area contributed by atoms with Crippen molar-refractivity contribution >= 4 is 0 Å². The number of hydrogen-bond donors (Lipinski definition) is 1. The van der Waals surface area contributed by atoms with E-state index < -0.39 is 0 Å². The summed E-state index contributed by atoms with van der Waals surface area (Å²) in [6.45, 7) is 7.88. The van der Waals surface area contributed by atoms with Gasteiger partial charge in [-0.25, -0.2) is 0 Å². The summed E-state index contributed by atoms with van der Waals surface area (Å²) in [5.41, 5.74) is 0. The first-order chi connectivity index (χ1) is 4.91. The van der Waals surface area contributed by atoms with Crippen LogP contribution in [0.1, 0.15) is 0 Å². The summed E-state index contributed by atoms with van der Waals surface area (Å²) >= 11 is 0. The molecule has 0 fully saturated rings. The molecular formula is C9H13N. The molecule has 54 valence electrons. The summed E-state index contributed by atoms with van der Waals surface area (Å²) in [6.07, 6.45) is 11.2. The SMILES string of the molecule is C=C/C=C\C=C\CNC=C. The second kappa shape index (κ2) is 7.76. The molecule has 0 amide bonds. The van der Waals surface area contributed by atoms with Crippen molar-refractivity contribution in [1.29, 1.82) is 0 Å². The molecule has 1 heteroatoms. The van der Waals surface area contributed by atoms with E-state index in [2.05, 4.69) is 18.5 Å². The summed E-state index contributed by atoms with van der Waals surface area (Å²) in [5.74, 6) is 0. The third kappa shape index (κ3) is 6.76. The average Bonchev–Trinajstić information content (AvgIpc) is 1.97. The third-order valence-electron chi connectivity index (χ3n) is 0.874. The molecule has 0 heterocycles. The van der Waals surface area contributed by atoms with Crippen molar-refractivity contribution in [3.05, 3.63) is 49.7 Å². The lowest BCUT2D eigenvalue weighted by Gasteiger charge is -1.87. The molecule has 0 radical (unpaired) electrons. The first-order valence-electron chi connectivity index (χ1n) is 3.20. The standard InChI is InChI=1S/C9H13N/c1-3-5-6-7-8-9-10-4-2/h3-8,10H,1-2,9H2/b6-5-,8-7+. The molecule has 0 rings (SSSR count). The van der Waals surface area contributed by atoms with Gasteiger partial charge in [-0.15, -0.1) is 0 Å². The van der Waals surface area contributed by atoms with E-state index >= 15 is 0 Å². The summed E-state index contributed by atoms with van der Waals surface area (Å²) in [6, 6.07) is 0. The molecule has 0 aliphatic carbocycles. The van der Waals surface area contributed by atoms with Crippen LogP contribution in [0.4, 0.5) is 0 Å². The molecule has 0 spiro atoms. The van der Waals surface area contributed by atoms with Gasteiger partial charge in [-0.3, -0.25) is 0 Å². The molecule has 0 aromatic carbocycles. The van der Waals surface area contributed by atoms with Gasteiger partial charge in [0.15, 0.2) is 0 Å². The van der Waals surface area contributed by atoms with Crippen LogP contribution in [0.3, 0.4) is 0 Å². The Hall–Kier alpha value is -1.24. The molecule has 10 heavy (non-hydrogen) atoms. The van der Waals surface area contributed by atoms with Gasteiger partial charge in [0, 0.05) is 6.54 Å². The Kier molecular flexibility index (Phi) is 6.80. The molecule has 1 nitrogen and oxygen atoms in total. The first kappa shape index (κ1) is 8.76. The maximum Gasteiger partial charge on any atom is 0.0328 e. The summed E-state index contributed by atoms with van der Waals surface area (Å²) < 4.78 is 0. The van der Waals surface area contributed by atoms with Gasteiger partial charge < -0.3 is 5.32 Å². The number of rotatable bonds is 5. The predicted octanol–water partition coefficient (Wildman–Crippen LogP) is 2.02. The highest BCUT2D eigenvalue weighted by molar-refractivity contribution is 5.09. The highest BCUT2D eigenvalue weighted by atomic mass is 14.8. The molecule has 0 aromatic rings. The Bertz CT molecular complexity index is 143. The van der Waals surface area contributed by atoms with Crippen LogP contribution in [0, 0.1) is 0 Å². The molecule has 0 unspecified atom stereocenters. The zero-order valence-corrected chi connectivity index (χ0v) is 6.09. The van der Waals surface area contributed by atoms with E-state index in [0.717, 1.165) is 6.54 Å². The smallest absolute Gasteiger partial charge is 0.0328 e. The Labute approximate surface area is 62.5 Å². The van der Waals surface area contributed by atoms with Crippen molar-refractivity contribution in [2.45, 2.75) is 0 Å². The molecule has 0 aromatic heterocycles. The van der Waals surface area contributed by atoms with Crippen LogP contribution in [0.15, 0.2) is 49.7 Å². The number of hydrogen-bond acceptors (Lipinski definition) is 1. The topological polar surface area (TPSA) is 12.0 Å². The second-order valence-electron chi connectivity index (χ2n) is 1.66. The van der Waals surface area contributed by atoms with Crippen molar-refractivity contribution in [2.75, 3.05) is 6.54 Å². The molecule has 0 atom stereocenters. The van der Waals surface area contributed by atoms with E-state index in [1.165, 1.54) is 0 Å². The maximum absolute atomic E-state index is 3.54. The lowest BCUT2D eigenvalue weighted by atomic mass is 10.4. The van der Waals surface area contributed by atoms with E-state index in [1.54, 1.807) is 12.3 Å². The van der Waals surface area contributed by atoms with E-state index in [-0.39, 0.29) is 0 Å². The van der Waals surface area contributed by atoms with Gasteiger partial charge in [-0.2, -0.15) is 0 Å². The van der Waals surface area contributed by atoms with Crippen molar-refractivity contribution in [1.82, 2.24) is 5.32 Å². The van der Waals surface area contributed by atoms with E-state index in [0.29, 0.717) is 0 Å². The van der Waals surface area contributed by atoms with Crippen molar-refractivity contribution in [2.24, 2.45) is 0 Å². The minimum atomic E-state index is 0.824. The molecule has 1 N–H and O–H groups in total. The lowest BCUT2D eigenvalue weighted by Crippen LogP contribution is -2.01. The highest BCUT2D eigenvalue weighted by Gasteiger charge is 1.66. The Morgan fingerprint density at radius 2 is 1.90 bits per heavy atom. The Morgan fingerprint density at radius 3 is 2.50 bits per heavy atom. The van der Waals surface area contributed by atoms with Gasteiger partial charge in [0.25, 0.3) is 0 Å². The Balaban J connectivity index is 3.27. The molecule has 0 saturated carbocycles. The normalized spacial score (nSPS) is 10.4. The van der Waals surface area contributed by atoms with E-state index in [1.807, 2.05) is 24.3 Å². The molecular weight excluding hydrogens is 122 g/mol. The number of allylic oxidation sites excluding steroid dienone is 4. The van der Waals surface area contributed by atoms with Gasteiger partial charge in [-0.1, -0.05) is 43.5 Å². The monoisotopic (exact) mass is 135 g/mol. The fraction of sp³-hybridized carbons (Fsp3) is 0.111. The second-order valence-corrected chi connectivity index (χ2v) is 1.66. The van der Waals surface area contributed by atoms with Gasteiger partial charge >= 0.3 is 0 Å². The summed E-state index contributed by atoms with van der Waals surface area (Å²) in [5, 5.41) is 2.94. The molecule has 0 bridgehead atoms. The van der Waals surface area contributed by atoms with Crippen LogP contribution in [0.25, 0.3) is 0 Å². The maximum atomic E-state index is 3.54. The fourth-order valence-electron chi connectivity index (χ4n) is 0.441. The van der Waals surface area contributed by atoms with Crippen LogP contribution in [0.2, 0.25) is 0 Å². The van der Waals surface area contributed by atoms with Crippen LogP contribution >= 0.6 is 0 Å². The quantitative estimate of drug-likeness (QED) is 0.449. The van der Waals surface area contributed by atoms with Gasteiger partial charge in [0.05, 0.1) is 0 Å². The zero-order valence-electron chi connectivity index (χ0n) is 6.09. The minimum absolute atomic E-state index is 0.824. The lowest BCUT2D eigenvalue weighted by molar-refractivity contribution is 0.990. The van der Waals surface area contributed by atoms with Crippen LogP contribution in [0.5, 0.6) is 0 Å². The zero-order chi connectivity index (χ0) is 7.66. The highest BCUT2D eigenvalue weighted by Crippen LogP contribution is 1.76.